The lowest BCUT2D eigenvalue weighted by Gasteiger charge is -2.35. The first kappa shape index (κ1) is 19.8. The molecule has 2 atom stereocenters. The van der Waals surface area contributed by atoms with Crippen LogP contribution in [0.4, 0.5) is 0 Å². The Morgan fingerprint density at radius 1 is 1.10 bits per heavy atom. The zero-order valence-corrected chi connectivity index (χ0v) is 17.1. The van der Waals surface area contributed by atoms with Crippen molar-refractivity contribution in [2.75, 3.05) is 19.7 Å². The van der Waals surface area contributed by atoms with E-state index in [1.165, 1.54) is 0 Å². The average molecular weight is 396 g/mol. The van der Waals surface area contributed by atoms with Crippen molar-refractivity contribution in [3.63, 3.8) is 0 Å². The molecular weight excluding hydrogens is 368 g/mol. The third-order valence-corrected chi connectivity index (χ3v) is 5.72. The highest BCUT2D eigenvalue weighted by Crippen LogP contribution is 2.29. The molecule has 2 aliphatic rings. The Balaban J connectivity index is 1.57. The van der Waals surface area contributed by atoms with E-state index in [1.54, 1.807) is 4.90 Å². The van der Waals surface area contributed by atoms with Crippen LogP contribution < -0.4 is 0 Å². The normalized spacial score (nSPS) is 22.1. The number of nitrogens with zero attached hydrogens (tertiary/aromatic N) is 2. The lowest BCUT2D eigenvalue weighted by atomic mass is 9.97. The molecule has 2 aromatic rings. The van der Waals surface area contributed by atoms with Crippen LogP contribution in [0.3, 0.4) is 0 Å². The second kappa shape index (κ2) is 8.49. The molecule has 154 valence electrons. The number of amides is 1. The fraction of sp³-hybridized carbons (Fsp3) is 0.522. The predicted molar refractivity (Wildman–Crippen MR) is 110 cm³/mol. The second-order valence-corrected chi connectivity index (χ2v) is 8.12. The zero-order valence-electron chi connectivity index (χ0n) is 17.1. The van der Waals surface area contributed by atoms with Crippen LogP contribution in [0.15, 0.2) is 24.3 Å². The van der Waals surface area contributed by atoms with Gasteiger partial charge in [-0.25, -0.2) is 4.79 Å². The first-order valence-corrected chi connectivity index (χ1v) is 10.5. The largest absolute Gasteiger partial charge is 0.452 e. The van der Waals surface area contributed by atoms with Gasteiger partial charge in [0.05, 0.1) is 23.3 Å². The summed E-state index contributed by atoms with van der Waals surface area (Å²) in [5.41, 5.74) is 3.38. The van der Waals surface area contributed by atoms with Crippen molar-refractivity contribution in [2.45, 2.75) is 58.2 Å². The molecule has 29 heavy (non-hydrogen) atoms. The summed E-state index contributed by atoms with van der Waals surface area (Å²) >= 11 is 0. The molecule has 0 unspecified atom stereocenters. The molecule has 6 nitrogen and oxygen atoms in total. The number of esters is 1. The highest BCUT2D eigenvalue weighted by molar-refractivity contribution is 6.05. The number of aryl methyl sites for hydroxylation is 1. The number of morpholine rings is 1. The monoisotopic (exact) mass is 396 g/mol. The molecule has 0 saturated carbocycles. The highest BCUT2D eigenvalue weighted by Gasteiger charge is 2.28. The van der Waals surface area contributed by atoms with Crippen LogP contribution in [0.2, 0.25) is 0 Å². The summed E-state index contributed by atoms with van der Waals surface area (Å²) in [6.07, 6.45) is 4.92. The molecule has 0 spiro atoms. The van der Waals surface area contributed by atoms with Crippen molar-refractivity contribution in [2.24, 2.45) is 0 Å². The van der Waals surface area contributed by atoms with Crippen LogP contribution in [-0.2, 0) is 27.1 Å². The number of rotatable bonds is 3. The molecule has 0 bridgehead atoms. The van der Waals surface area contributed by atoms with Crippen molar-refractivity contribution in [3.05, 3.63) is 41.1 Å². The first-order valence-electron chi connectivity index (χ1n) is 10.5. The second-order valence-electron chi connectivity index (χ2n) is 8.12. The van der Waals surface area contributed by atoms with E-state index in [2.05, 4.69) is 0 Å². The van der Waals surface area contributed by atoms with Crippen molar-refractivity contribution in [3.8, 4) is 0 Å². The average Bonchev–Trinajstić information content (AvgIpc) is 2.94. The highest BCUT2D eigenvalue weighted by atomic mass is 16.5. The van der Waals surface area contributed by atoms with E-state index >= 15 is 0 Å². The maximum atomic E-state index is 13.1. The van der Waals surface area contributed by atoms with Gasteiger partial charge in [-0.1, -0.05) is 24.6 Å². The van der Waals surface area contributed by atoms with E-state index in [1.807, 2.05) is 38.1 Å². The number of benzene rings is 1. The third-order valence-electron chi connectivity index (χ3n) is 5.72. The van der Waals surface area contributed by atoms with Crippen LogP contribution in [0, 0.1) is 0 Å². The lowest BCUT2D eigenvalue weighted by molar-refractivity contribution is -0.146. The number of aromatic nitrogens is 1. The molecule has 4 rings (SSSR count). The van der Waals surface area contributed by atoms with Crippen molar-refractivity contribution >= 4 is 22.8 Å². The summed E-state index contributed by atoms with van der Waals surface area (Å²) in [6, 6.07) is 7.68. The SMILES string of the molecule is C[C@@H]1CN(C(=O)COC(=O)c2c3c(nc4ccccc24)CCCCC3)C[C@@H](C)O1. The number of fused-ring (bicyclic) bond motifs is 2. The van der Waals surface area contributed by atoms with E-state index < -0.39 is 5.97 Å². The van der Waals surface area contributed by atoms with E-state index in [0.717, 1.165) is 54.3 Å². The fourth-order valence-electron chi connectivity index (χ4n) is 4.45. The molecule has 6 heteroatoms. The van der Waals surface area contributed by atoms with Gasteiger partial charge >= 0.3 is 5.97 Å². The van der Waals surface area contributed by atoms with E-state index in [-0.39, 0.29) is 24.7 Å². The molecule has 1 amide bonds. The van der Waals surface area contributed by atoms with Gasteiger partial charge in [-0.2, -0.15) is 0 Å². The Bertz CT molecular complexity index is 916. The number of para-hydroxylation sites is 1. The standard InChI is InChI=1S/C23H28N2O4/c1-15-12-25(13-16(2)29-15)21(26)14-28-23(27)22-17-8-4-3-5-10-19(17)24-20-11-7-6-9-18(20)22/h6-7,9,11,15-16H,3-5,8,10,12-14H2,1-2H3/t15-,16-/m1/s1. The van der Waals surface area contributed by atoms with E-state index in [4.69, 9.17) is 14.5 Å². The summed E-state index contributed by atoms with van der Waals surface area (Å²) in [4.78, 5) is 32.3. The minimum absolute atomic E-state index is 0.0155. The number of ether oxygens (including phenoxy) is 2. The summed E-state index contributed by atoms with van der Waals surface area (Å²) in [6.45, 7) is 4.69. The van der Waals surface area contributed by atoms with Gasteiger partial charge in [0.25, 0.3) is 5.91 Å². The molecular formula is C23H28N2O4. The Morgan fingerprint density at radius 2 is 1.83 bits per heavy atom. The molecule has 0 N–H and O–H groups in total. The Kier molecular flexibility index (Phi) is 5.81. The fourth-order valence-corrected chi connectivity index (χ4v) is 4.45. The number of carbonyl (C=O) groups excluding carboxylic acids is 2. The Hall–Kier alpha value is -2.47. The van der Waals surface area contributed by atoms with Crippen LogP contribution in [0.1, 0.15) is 54.7 Å². The molecule has 2 heterocycles. The molecule has 1 aromatic heterocycles. The van der Waals surface area contributed by atoms with Gasteiger partial charge in [0.2, 0.25) is 0 Å². The molecule has 0 radical (unpaired) electrons. The van der Waals surface area contributed by atoms with E-state index in [0.29, 0.717) is 18.7 Å². The molecule has 1 saturated heterocycles. The third kappa shape index (κ3) is 4.27. The lowest BCUT2D eigenvalue weighted by Crippen LogP contribution is -2.49. The van der Waals surface area contributed by atoms with Crippen molar-refractivity contribution in [1.82, 2.24) is 9.88 Å². The minimum atomic E-state index is -0.426. The molecule has 1 aliphatic carbocycles. The predicted octanol–water partition coefficient (Wildman–Crippen LogP) is 3.30. The number of hydrogen-bond donors (Lipinski definition) is 0. The molecule has 1 aromatic carbocycles. The quantitative estimate of drug-likeness (QED) is 0.588. The maximum absolute atomic E-state index is 13.1. The van der Waals surface area contributed by atoms with Crippen LogP contribution in [0.25, 0.3) is 10.9 Å². The van der Waals surface area contributed by atoms with Gasteiger partial charge in [-0.3, -0.25) is 9.78 Å². The van der Waals surface area contributed by atoms with Gasteiger partial charge in [-0.15, -0.1) is 0 Å². The van der Waals surface area contributed by atoms with Crippen LogP contribution in [-0.4, -0.2) is 53.7 Å². The minimum Gasteiger partial charge on any atom is -0.452 e. The summed E-state index contributed by atoms with van der Waals surface area (Å²) in [5.74, 6) is -0.603. The zero-order chi connectivity index (χ0) is 20.4. The Morgan fingerprint density at radius 3 is 2.62 bits per heavy atom. The van der Waals surface area contributed by atoms with Gasteiger partial charge in [0, 0.05) is 24.2 Å². The number of pyridine rings is 1. The van der Waals surface area contributed by atoms with Crippen molar-refractivity contribution < 1.29 is 19.1 Å². The van der Waals surface area contributed by atoms with Crippen LogP contribution >= 0.6 is 0 Å². The number of carbonyl (C=O) groups is 2. The summed E-state index contributed by atoms with van der Waals surface area (Å²) in [5, 5.41) is 0.805. The first-order chi connectivity index (χ1) is 14.0. The van der Waals surface area contributed by atoms with Gasteiger partial charge in [-0.05, 0) is 51.2 Å². The maximum Gasteiger partial charge on any atom is 0.339 e. The molecule has 1 fully saturated rings. The molecule has 1 aliphatic heterocycles. The van der Waals surface area contributed by atoms with Gasteiger partial charge in [0.15, 0.2) is 6.61 Å². The van der Waals surface area contributed by atoms with Crippen molar-refractivity contribution in [1.29, 1.82) is 0 Å². The topological polar surface area (TPSA) is 68.7 Å². The smallest absolute Gasteiger partial charge is 0.339 e. The van der Waals surface area contributed by atoms with Gasteiger partial charge in [0.1, 0.15) is 0 Å². The van der Waals surface area contributed by atoms with Crippen LogP contribution in [0.5, 0.6) is 0 Å². The Labute approximate surface area is 171 Å². The van der Waals surface area contributed by atoms with E-state index in [9.17, 15) is 9.59 Å². The summed E-state index contributed by atoms with van der Waals surface area (Å²) in [7, 11) is 0. The van der Waals surface area contributed by atoms with Gasteiger partial charge < -0.3 is 14.4 Å². The number of hydrogen-bond acceptors (Lipinski definition) is 5. The summed E-state index contributed by atoms with van der Waals surface area (Å²) < 4.78 is 11.2.